The lowest BCUT2D eigenvalue weighted by molar-refractivity contribution is 0.298. The van der Waals surface area contributed by atoms with Crippen LogP contribution in [-0.4, -0.2) is 38.0 Å². The van der Waals surface area contributed by atoms with Gasteiger partial charge in [0.1, 0.15) is 12.1 Å². The standard InChI is InChI=1S/C16H17ClN4O3/c1-10-13(5-6-22)15(23)21-16(19-10)18-9-20(21)8-11-7-12(17)3-4-14(11)24-2/h3-4,7,9,22H,5-6,8H2,1-2H3. The molecule has 0 amide bonds. The van der Waals surface area contributed by atoms with Crippen LogP contribution >= 0.6 is 11.6 Å². The highest BCUT2D eigenvalue weighted by Gasteiger charge is 2.14. The molecule has 24 heavy (non-hydrogen) atoms. The Morgan fingerprint density at radius 1 is 1.38 bits per heavy atom. The van der Waals surface area contributed by atoms with Gasteiger partial charge >= 0.3 is 0 Å². The molecule has 1 N–H and O–H groups in total. The Morgan fingerprint density at radius 2 is 2.17 bits per heavy atom. The molecule has 0 saturated heterocycles. The smallest absolute Gasteiger partial charge is 0.277 e. The molecule has 3 aromatic rings. The van der Waals surface area contributed by atoms with Gasteiger partial charge in [-0.3, -0.25) is 9.48 Å². The van der Waals surface area contributed by atoms with Gasteiger partial charge in [-0.1, -0.05) is 11.6 Å². The molecule has 0 aliphatic heterocycles. The van der Waals surface area contributed by atoms with Crippen molar-refractivity contribution in [1.82, 2.24) is 19.2 Å². The van der Waals surface area contributed by atoms with Crippen LogP contribution in [0.25, 0.3) is 5.78 Å². The zero-order valence-corrected chi connectivity index (χ0v) is 14.1. The van der Waals surface area contributed by atoms with E-state index in [4.69, 9.17) is 21.4 Å². The number of hydrogen-bond acceptors (Lipinski definition) is 5. The van der Waals surface area contributed by atoms with Crippen molar-refractivity contribution in [2.24, 2.45) is 0 Å². The van der Waals surface area contributed by atoms with Gasteiger partial charge < -0.3 is 9.84 Å². The van der Waals surface area contributed by atoms with E-state index in [9.17, 15) is 4.79 Å². The van der Waals surface area contributed by atoms with Crippen LogP contribution in [0.2, 0.25) is 5.02 Å². The van der Waals surface area contributed by atoms with Crippen molar-refractivity contribution in [2.45, 2.75) is 19.9 Å². The maximum absolute atomic E-state index is 12.7. The molecule has 0 unspecified atom stereocenters. The SMILES string of the molecule is COc1ccc(Cl)cc1Cn1cnc2nc(C)c(CCO)c(=O)n21. The summed E-state index contributed by atoms with van der Waals surface area (Å²) in [5.41, 5.74) is 1.65. The van der Waals surface area contributed by atoms with Crippen LogP contribution in [0.15, 0.2) is 29.3 Å². The topological polar surface area (TPSA) is 81.7 Å². The molecule has 2 aromatic heterocycles. The maximum atomic E-state index is 12.7. The zero-order valence-electron chi connectivity index (χ0n) is 13.4. The van der Waals surface area contributed by atoms with Crippen LogP contribution in [-0.2, 0) is 13.0 Å². The Balaban J connectivity index is 2.13. The van der Waals surface area contributed by atoms with Gasteiger partial charge in [-0.25, -0.2) is 4.98 Å². The molecular weight excluding hydrogens is 332 g/mol. The second kappa shape index (κ2) is 6.62. The van der Waals surface area contributed by atoms with Crippen molar-refractivity contribution in [3.05, 3.63) is 56.7 Å². The third-order valence-corrected chi connectivity index (χ3v) is 4.08. The summed E-state index contributed by atoms with van der Waals surface area (Å²) in [4.78, 5) is 21.3. The second-order valence-corrected chi connectivity index (χ2v) is 5.80. The monoisotopic (exact) mass is 348 g/mol. The minimum absolute atomic E-state index is 0.111. The second-order valence-electron chi connectivity index (χ2n) is 5.36. The molecule has 0 aliphatic rings. The van der Waals surface area contributed by atoms with E-state index in [1.54, 1.807) is 43.2 Å². The normalized spacial score (nSPS) is 11.2. The van der Waals surface area contributed by atoms with Crippen molar-refractivity contribution < 1.29 is 9.84 Å². The predicted octanol–water partition coefficient (Wildman–Crippen LogP) is 1.44. The number of fused-ring (bicyclic) bond motifs is 1. The average Bonchev–Trinajstić information content (AvgIpc) is 2.94. The molecular formula is C16H17ClN4O3. The summed E-state index contributed by atoms with van der Waals surface area (Å²) < 4.78 is 8.40. The van der Waals surface area contributed by atoms with Crippen molar-refractivity contribution >= 4 is 17.4 Å². The number of hydrogen-bond donors (Lipinski definition) is 1. The molecule has 3 rings (SSSR count). The van der Waals surface area contributed by atoms with Crippen LogP contribution < -0.4 is 10.3 Å². The Labute approximate surface area is 143 Å². The van der Waals surface area contributed by atoms with Crippen LogP contribution in [0.4, 0.5) is 0 Å². The fourth-order valence-corrected chi connectivity index (χ4v) is 2.87. The lowest BCUT2D eigenvalue weighted by Gasteiger charge is -2.11. The van der Waals surface area contributed by atoms with Gasteiger partial charge in [-0.15, -0.1) is 0 Å². The summed E-state index contributed by atoms with van der Waals surface area (Å²) in [5.74, 6) is 0.991. The first-order valence-corrected chi connectivity index (χ1v) is 7.80. The molecule has 0 atom stereocenters. The minimum atomic E-state index is -0.231. The first kappa shape index (κ1) is 16.5. The lowest BCUT2D eigenvalue weighted by Crippen LogP contribution is -2.27. The number of aliphatic hydroxyl groups excluding tert-OH is 1. The fraction of sp³-hybridized carbons (Fsp3) is 0.312. The summed E-state index contributed by atoms with van der Waals surface area (Å²) in [6.45, 7) is 1.98. The number of benzene rings is 1. The fourth-order valence-electron chi connectivity index (χ4n) is 2.68. The quantitative estimate of drug-likeness (QED) is 0.754. The molecule has 0 radical (unpaired) electrons. The van der Waals surface area contributed by atoms with E-state index in [0.717, 1.165) is 5.56 Å². The molecule has 0 bridgehead atoms. The van der Waals surface area contributed by atoms with E-state index in [0.29, 0.717) is 34.4 Å². The van der Waals surface area contributed by atoms with E-state index in [1.807, 2.05) is 0 Å². The summed E-state index contributed by atoms with van der Waals surface area (Å²) >= 11 is 6.06. The Bertz CT molecular complexity index is 948. The number of aryl methyl sites for hydroxylation is 1. The summed E-state index contributed by atoms with van der Waals surface area (Å²) in [7, 11) is 1.58. The van der Waals surface area contributed by atoms with Gasteiger partial charge in [-0.05, 0) is 25.1 Å². The maximum Gasteiger partial charge on any atom is 0.277 e. The van der Waals surface area contributed by atoms with Crippen molar-refractivity contribution in [2.75, 3.05) is 13.7 Å². The van der Waals surface area contributed by atoms with E-state index in [-0.39, 0.29) is 18.6 Å². The average molecular weight is 349 g/mol. The number of methoxy groups -OCH3 is 1. The van der Waals surface area contributed by atoms with Crippen molar-refractivity contribution in [3.8, 4) is 5.75 Å². The Kier molecular flexibility index (Phi) is 4.55. The van der Waals surface area contributed by atoms with E-state index < -0.39 is 0 Å². The van der Waals surface area contributed by atoms with Gasteiger partial charge in [0.05, 0.1) is 19.3 Å². The number of aromatic nitrogens is 4. The largest absolute Gasteiger partial charge is 0.496 e. The van der Waals surface area contributed by atoms with E-state index in [2.05, 4.69) is 9.97 Å². The molecule has 0 aliphatic carbocycles. The number of rotatable bonds is 5. The molecule has 8 heteroatoms. The van der Waals surface area contributed by atoms with Crippen LogP contribution in [0.1, 0.15) is 16.8 Å². The van der Waals surface area contributed by atoms with Crippen molar-refractivity contribution in [3.63, 3.8) is 0 Å². The van der Waals surface area contributed by atoms with Gasteiger partial charge in [0, 0.05) is 29.2 Å². The third-order valence-electron chi connectivity index (χ3n) is 3.84. The summed E-state index contributed by atoms with van der Waals surface area (Å²) in [6, 6.07) is 5.30. The third kappa shape index (κ3) is 2.88. The molecule has 126 valence electrons. The molecule has 0 fully saturated rings. The number of halogens is 1. The molecule has 0 saturated carbocycles. The van der Waals surface area contributed by atoms with Gasteiger partial charge in [0.2, 0.25) is 0 Å². The molecule has 7 nitrogen and oxygen atoms in total. The van der Waals surface area contributed by atoms with Crippen LogP contribution in [0.3, 0.4) is 0 Å². The number of aliphatic hydroxyl groups is 1. The Morgan fingerprint density at radius 3 is 2.88 bits per heavy atom. The first-order valence-electron chi connectivity index (χ1n) is 7.42. The predicted molar refractivity (Wildman–Crippen MR) is 89.9 cm³/mol. The minimum Gasteiger partial charge on any atom is -0.496 e. The van der Waals surface area contributed by atoms with E-state index >= 15 is 0 Å². The number of nitrogens with zero attached hydrogens (tertiary/aromatic N) is 4. The molecule has 1 aromatic carbocycles. The van der Waals surface area contributed by atoms with Gasteiger partial charge in [0.15, 0.2) is 0 Å². The first-order chi connectivity index (χ1) is 11.5. The lowest BCUT2D eigenvalue weighted by atomic mass is 10.2. The highest BCUT2D eigenvalue weighted by Crippen LogP contribution is 2.23. The summed E-state index contributed by atoms with van der Waals surface area (Å²) in [6.07, 6.45) is 1.80. The molecule has 2 heterocycles. The number of ether oxygens (including phenoxy) is 1. The highest BCUT2D eigenvalue weighted by molar-refractivity contribution is 6.30. The molecule has 0 spiro atoms. The van der Waals surface area contributed by atoms with Gasteiger partial charge in [-0.2, -0.15) is 9.50 Å². The van der Waals surface area contributed by atoms with Crippen LogP contribution in [0, 0.1) is 6.92 Å². The van der Waals surface area contributed by atoms with Gasteiger partial charge in [0.25, 0.3) is 11.3 Å². The van der Waals surface area contributed by atoms with Crippen molar-refractivity contribution in [1.29, 1.82) is 0 Å². The Hall–Kier alpha value is -2.38. The zero-order chi connectivity index (χ0) is 17.3. The van der Waals surface area contributed by atoms with Crippen LogP contribution in [0.5, 0.6) is 5.75 Å². The van der Waals surface area contributed by atoms with E-state index in [1.165, 1.54) is 4.52 Å². The summed E-state index contributed by atoms with van der Waals surface area (Å²) in [5, 5.41) is 9.75. The highest BCUT2D eigenvalue weighted by atomic mass is 35.5.